The predicted molar refractivity (Wildman–Crippen MR) is 61.2 cm³/mol. The SMILES string of the molecule is COCCC(C)(O)CNC(=O)C1CNC(=O)C1. The number of aliphatic hydroxyl groups is 1. The monoisotopic (exact) mass is 244 g/mol. The van der Waals surface area contributed by atoms with Crippen LogP contribution >= 0.6 is 0 Å². The lowest BCUT2D eigenvalue weighted by molar-refractivity contribution is -0.127. The van der Waals surface area contributed by atoms with Gasteiger partial charge in [-0.1, -0.05) is 0 Å². The first kappa shape index (κ1) is 13.9. The van der Waals surface area contributed by atoms with Gasteiger partial charge in [0.15, 0.2) is 0 Å². The molecule has 0 saturated carbocycles. The zero-order chi connectivity index (χ0) is 12.9. The van der Waals surface area contributed by atoms with Crippen molar-refractivity contribution in [2.75, 3.05) is 26.8 Å². The molecule has 17 heavy (non-hydrogen) atoms. The van der Waals surface area contributed by atoms with E-state index in [2.05, 4.69) is 10.6 Å². The molecule has 1 fully saturated rings. The van der Waals surface area contributed by atoms with E-state index in [0.29, 0.717) is 19.6 Å². The Kier molecular flexibility index (Phi) is 4.89. The number of hydrogen-bond donors (Lipinski definition) is 3. The molecule has 3 N–H and O–H groups in total. The summed E-state index contributed by atoms with van der Waals surface area (Å²) in [6, 6.07) is 0. The summed E-state index contributed by atoms with van der Waals surface area (Å²) in [6.07, 6.45) is 0.678. The predicted octanol–water partition coefficient (Wildman–Crippen LogP) is -0.974. The van der Waals surface area contributed by atoms with Crippen molar-refractivity contribution in [2.45, 2.75) is 25.4 Å². The molecule has 0 aromatic rings. The van der Waals surface area contributed by atoms with Crippen LogP contribution in [0.5, 0.6) is 0 Å². The highest BCUT2D eigenvalue weighted by Crippen LogP contribution is 2.11. The van der Waals surface area contributed by atoms with Gasteiger partial charge in [-0.2, -0.15) is 0 Å². The standard InChI is InChI=1S/C11H20N2O4/c1-11(16,3-4-17-2)7-13-10(15)8-5-9(14)12-6-8/h8,16H,3-7H2,1-2H3,(H,12,14)(H,13,15). The Morgan fingerprint density at radius 3 is 2.94 bits per heavy atom. The third-order valence-electron chi connectivity index (χ3n) is 2.84. The minimum Gasteiger partial charge on any atom is -0.388 e. The molecule has 6 nitrogen and oxygen atoms in total. The van der Waals surface area contributed by atoms with Crippen molar-refractivity contribution in [3.8, 4) is 0 Å². The summed E-state index contributed by atoms with van der Waals surface area (Å²) < 4.78 is 4.87. The summed E-state index contributed by atoms with van der Waals surface area (Å²) >= 11 is 0. The minimum atomic E-state index is -0.984. The van der Waals surface area contributed by atoms with Gasteiger partial charge in [-0.3, -0.25) is 9.59 Å². The molecule has 0 aromatic heterocycles. The van der Waals surface area contributed by atoms with Crippen LogP contribution in [0.4, 0.5) is 0 Å². The zero-order valence-electron chi connectivity index (χ0n) is 10.3. The molecular weight excluding hydrogens is 224 g/mol. The lowest BCUT2D eigenvalue weighted by Crippen LogP contribution is -2.43. The van der Waals surface area contributed by atoms with Crippen molar-refractivity contribution < 1.29 is 19.4 Å². The average Bonchev–Trinajstić information content (AvgIpc) is 2.70. The Bertz CT molecular complexity index is 291. The topological polar surface area (TPSA) is 87.7 Å². The maximum absolute atomic E-state index is 11.7. The normalized spacial score (nSPS) is 23.0. The number of hydrogen-bond acceptors (Lipinski definition) is 4. The van der Waals surface area contributed by atoms with Gasteiger partial charge in [0.05, 0.1) is 11.5 Å². The van der Waals surface area contributed by atoms with Gasteiger partial charge >= 0.3 is 0 Å². The van der Waals surface area contributed by atoms with Crippen LogP contribution in [0.3, 0.4) is 0 Å². The Labute approximate surface area is 101 Å². The lowest BCUT2D eigenvalue weighted by Gasteiger charge is -2.23. The highest BCUT2D eigenvalue weighted by molar-refractivity contribution is 5.89. The van der Waals surface area contributed by atoms with Crippen molar-refractivity contribution >= 4 is 11.8 Å². The summed E-state index contributed by atoms with van der Waals surface area (Å²) in [6.45, 7) is 2.63. The second-order valence-corrected chi connectivity index (χ2v) is 4.66. The van der Waals surface area contributed by atoms with Gasteiger partial charge in [-0.25, -0.2) is 0 Å². The zero-order valence-corrected chi connectivity index (χ0v) is 10.3. The number of ether oxygens (including phenoxy) is 1. The molecule has 2 amide bonds. The molecule has 2 unspecified atom stereocenters. The fourth-order valence-corrected chi connectivity index (χ4v) is 1.62. The average molecular weight is 244 g/mol. The van der Waals surface area contributed by atoms with Gasteiger partial charge in [0, 0.05) is 39.6 Å². The first-order valence-electron chi connectivity index (χ1n) is 5.70. The number of carbonyl (C=O) groups is 2. The van der Waals surface area contributed by atoms with Crippen molar-refractivity contribution in [2.24, 2.45) is 5.92 Å². The van der Waals surface area contributed by atoms with Crippen LogP contribution in [-0.4, -0.2) is 49.3 Å². The molecule has 1 heterocycles. The Balaban J connectivity index is 2.29. The summed E-state index contributed by atoms with van der Waals surface area (Å²) in [5.41, 5.74) is -0.984. The largest absolute Gasteiger partial charge is 0.388 e. The van der Waals surface area contributed by atoms with Gasteiger partial charge in [0.1, 0.15) is 0 Å². The van der Waals surface area contributed by atoms with Gasteiger partial charge in [0.25, 0.3) is 0 Å². The number of amides is 2. The fourth-order valence-electron chi connectivity index (χ4n) is 1.62. The summed E-state index contributed by atoms with van der Waals surface area (Å²) in [5.74, 6) is -0.613. The molecule has 0 spiro atoms. The first-order chi connectivity index (χ1) is 7.94. The molecule has 2 atom stereocenters. The Hall–Kier alpha value is -1.14. The van der Waals surface area contributed by atoms with Gasteiger partial charge in [0.2, 0.25) is 11.8 Å². The van der Waals surface area contributed by atoms with Crippen LogP contribution < -0.4 is 10.6 Å². The maximum atomic E-state index is 11.7. The third kappa shape index (κ3) is 4.70. The molecule has 1 aliphatic heterocycles. The Morgan fingerprint density at radius 1 is 1.71 bits per heavy atom. The third-order valence-corrected chi connectivity index (χ3v) is 2.84. The second-order valence-electron chi connectivity index (χ2n) is 4.66. The van der Waals surface area contributed by atoms with E-state index in [-0.39, 0.29) is 30.7 Å². The molecule has 0 aliphatic carbocycles. The Morgan fingerprint density at radius 2 is 2.41 bits per heavy atom. The highest BCUT2D eigenvalue weighted by Gasteiger charge is 2.29. The fraction of sp³-hybridized carbons (Fsp3) is 0.818. The summed E-state index contributed by atoms with van der Waals surface area (Å²) in [7, 11) is 1.56. The number of methoxy groups -OCH3 is 1. The highest BCUT2D eigenvalue weighted by atomic mass is 16.5. The van der Waals surface area contributed by atoms with Crippen LogP contribution in [-0.2, 0) is 14.3 Å². The maximum Gasteiger partial charge on any atom is 0.225 e. The van der Waals surface area contributed by atoms with Crippen molar-refractivity contribution in [3.63, 3.8) is 0 Å². The van der Waals surface area contributed by atoms with Gasteiger partial charge in [-0.05, 0) is 6.92 Å². The van der Waals surface area contributed by atoms with Crippen molar-refractivity contribution in [3.05, 3.63) is 0 Å². The molecule has 1 rings (SSSR count). The molecular formula is C11H20N2O4. The van der Waals surface area contributed by atoms with E-state index in [1.54, 1.807) is 14.0 Å². The van der Waals surface area contributed by atoms with Crippen molar-refractivity contribution in [1.29, 1.82) is 0 Å². The molecule has 1 saturated heterocycles. The quantitative estimate of drug-likeness (QED) is 0.561. The number of rotatable bonds is 6. The molecule has 0 bridgehead atoms. The van der Waals surface area contributed by atoms with E-state index < -0.39 is 5.60 Å². The smallest absolute Gasteiger partial charge is 0.225 e. The molecule has 0 aromatic carbocycles. The van der Waals surface area contributed by atoms with E-state index >= 15 is 0 Å². The van der Waals surface area contributed by atoms with Crippen LogP contribution in [0.15, 0.2) is 0 Å². The minimum absolute atomic E-state index is 0.101. The van der Waals surface area contributed by atoms with Gasteiger partial charge in [-0.15, -0.1) is 0 Å². The van der Waals surface area contributed by atoms with Crippen molar-refractivity contribution in [1.82, 2.24) is 10.6 Å². The van der Waals surface area contributed by atoms with Gasteiger partial charge < -0.3 is 20.5 Å². The molecule has 98 valence electrons. The van der Waals surface area contributed by atoms with E-state index in [0.717, 1.165) is 0 Å². The second kappa shape index (κ2) is 5.97. The number of nitrogens with one attached hydrogen (secondary N) is 2. The van der Waals surface area contributed by atoms with E-state index in [1.165, 1.54) is 0 Å². The van der Waals surface area contributed by atoms with Crippen LogP contribution in [0.2, 0.25) is 0 Å². The molecule has 1 aliphatic rings. The van der Waals surface area contributed by atoms with Crippen LogP contribution in [0.1, 0.15) is 19.8 Å². The molecule has 0 radical (unpaired) electrons. The lowest BCUT2D eigenvalue weighted by atomic mass is 10.0. The van der Waals surface area contributed by atoms with Crippen LogP contribution in [0, 0.1) is 5.92 Å². The van der Waals surface area contributed by atoms with E-state index in [1.807, 2.05) is 0 Å². The summed E-state index contributed by atoms with van der Waals surface area (Å²) in [4.78, 5) is 22.6. The summed E-state index contributed by atoms with van der Waals surface area (Å²) in [5, 5.41) is 15.2. The van der Waals surface area contributed by atoms with E-state index in [9.17, 15) is 14.7 Å². The van der Waals surface area contributed by atoms with Crippen LogP contribution in [0.25, 0.3) is 0 Å². The van der Waals surface area contributed by atoms with E-state index in [4.69, 9.17) is 4.74 Å². The molecule has 6 heteroatoms. The first-order valence-corrected chi connectivity index (χ1v) is 5.70. The number of carbonyl (C=O) groups excluding carboxylic acids is 2.